The van der Waals surface area contributed by atoms with Crippen molar-refractivity contribution in [2.45, 2.75) is 71.1 Å². The third kappa shape index (κ3) is 10.6. The molecule has 204 valence electrons. The maximum atomic E-state index is 12.6. The van der Waals surface area contributed by atoms with Crippen LogP contribution in [0.2, 0.25) is 0 Å². The molecule has 3 rings (SSSR count). The summed E-state index contributed by atoms with van der Waals surface area (Å²) in [6.45, 7) is 2.93. The molecule has 0 spiro atoms. The van der Waals surface area contributed by atoms with Crippen molar-refractivity contribution in [2.24, 2.45) is 0 Å². The Labute approximate surface area is 231 Å². The van der Waals surface area contributed by atoms with Gasteiger partial charge >= 0.3 is 5.97 Å². The normalized spacial score (nSPS) is 10.5. The lowest BCUT2D eigenvalue weighted by atomic mass is 10.1. The molecule has 6 heteroatoms. The van der Waals surface area contributed by atoms with E-state index in [1.807, 2.05) is 6.07 Å². The average Bonchev–Trinajstić information content (AvgIpc) is 3.13. The van der Waals surface area contributed by atoms with E-state index in [1.54, 1.807) is 60.7 Å². The van der Waals surface area contributed by atoms with Crippen LogP contribution in [0.1, 0.15) is 87.1 Å². The number of hydrogen-bond acceptors (Lipinski definition) is 6. The summed E-state index contributed by atoms with van der Waals surface area (Å²) in [6, 6.07) is 21.7. The van der Waals surface area contributed by atoms with Crippen LogP contribution in [0.3, 0.4) is 0 Å². The van der Waals surface area contributed by atoms with Crippen molar-refractivity contribution >= 4 is 17.3 Å². The molecular formula is C33H38N2O4. The molecule has 3 aromatic carbocycles. The minimum Gasteiger partial charge on any atom is -0.494 e. The first kappa shape index (κ1) is 29.4. The van der Waals surface area contributed by atoms with Gasteiger partial charge in [0.05, 0.1) is 29.5 Å². The van der Waals surface area contributed by atoms with Gasteiger partial charge in [-0.25, -0.2) is 4.79 Å². The SMILES string of the molecule is CCCCCCCCCCCCOc1ccc(C(=O)Oc2ccc(Nc3ccc(C#N)ccc3=O)cc2)cc1. The number of nitrogens with one attached hydrogen (secondary N) is 1. The fraction of sp³-hybridized carbons (Fsp3) is 0.364. The van der Waals surface area contributed by atoms with E-state index < -0.39 is 5.97 Å². The van der Waals surface area contributed by atoms with E-state index in [0.29, 0.717) is 34.9 Å². The van der Waals surface area contributed by atoms with E-state index in [4.69, 9.17) is 14.7 Å². The summed E-state index contributed by atoms with van der Waals surface area (Å²) in [5, 5.41) is 12.0. The zero-order valence-corrected chi connectivity index (χ0v) is 22.8. The number of unbranched alkanes of at least 4 members (excludes halogenated alkanes) is 9. The van der Waals surface area contributed by atoms with Gasteiger partial charge in [0.1, 0.15) is 11.5 Å². The van der Waals surface area contributed by atoms with Gasteiger partial charge in [-0.15, -0.1) is 0 Å². The fourth-order valence-corrected chi connectivity index (χ4v) is 4.14. The van der Waals surface area contributed by atoms with Gasteiger partial charge in [0, 0.05) is 5.69 Å². The Morgan fingerprint density at radius 3 is 1.97 bits per heavy atom. The van der Waals surface area contributed by atoms with Crippen molar-refractivity contribution < 1.29 is 14.3 Å². The van der Waals surface area contributed by atoms with E-state index in [9.17, 15) is 9.59 Å². The topological polar surface area (TPSA) is 88.4 Å². The summed E-state index contributed by atoms with van der Waals surface area (Å²) in [5.74, 6) is 0.671. The number of nitriles is 1. The second-order valence-electron chi connectivity index (χ2n) is 9.61. The number of anilines is 2. The molecule has 3 aromatic rings. The molecule has 0 radical (unpaired) electrons. The minimum atomic E-state index is -0.460. The summed E-state index contributed by atoms with van der Waals surface area (Å²) < 4.78 is 11.3. The zero-order valence-electron chi connectivity index (χ0n) is 22.8. The number of nitrogens with zero attached hydrogens (tertiary/aromatic N) is 1. The van der Waals surface area contributed by atoms with E-state index in [2.05, 4.69) is 12.2 Å². The third-order valence-corrected chi connectivity index (χ3v) is 6.44. The average molecular weight is 527 g/mol. The van der Waals surface area contributed by atoms with Crippen LogP contribution < -0.4 is 20.2 Å². The van der Waals surface area contributed by atoms with E-state index >= 15 is 0 Å². The van der Waals surface area contributed by atoms with Gasteiger partial charge in [0.2, 0.25) is 5.43 Å². The first-order valence-corrected chi connectivity index (χ1v) is 14.0. The Morgan fingerprint density at radius 2 is 1.33 bits per heavy atom. The van der Waals surface area contributed by atoms with Crippen molar-refractivity contribution in [2.75, 3.05) is 11.9 Å². The molecule has 0 saturated carbocycles. The molecule has 0 bridgehead atoms. The molecule has 0 aliphatic rings. The lowest BCUT2D eigenvalue weighted by molar-refractivity contribution is 0.0734. The number of carbonyl (C=O) groups excluding carboxylic acids is 1. The molecule has 0 aliphatic carbocycles. The summed E-state index contributed by atoms with van der Waals surface area (Å²) in [4.78, 5) is 24.7. The number of rotatable bonds is 16. The molecule has 0 unspecified atom stereocenters. The molecule has 0 fully saturated rings. The quantitative estimate of drug-likeness (QED) is 0.115. The number of benzene rings is 2. The largest absolute Gasteiger partial charge is 0.494 e. The summed E-state index contributed by atoms with van der Waals surface area (Å²) >= 11 is 0. The Hall–Kier alpha value is -4.11. The lowest BCUT2D eigenvalue weighted by Crippen LogP contribution is -2.08. The number of hydrogen-bond donors (Lipinski definition) is 1. The van der Waals surface area contributed by atoms with Crippen LogP contribution in [-0.4, -0.2) is 12.6 Å². The summed E-state index contributed by atoms with van der Waals surface area (Å²) in [6.07, 6.45) is 12.9. The Kier molecular flexibility index (Phi) is 12.6. The Bertz CT molecular complexity index is 1260. The standard InChI is InChI=1S/C33H38N2O4/c1-2-3-4-5-6-7-8-9-10-11-24-38-29-18-14-27(15-19-29)33(37)39-30-20-16-28(17-21-30)35-31-22-12-26(25-34)13-23-32(31)36/h12-23H,2-11,24H2,1H3,(H,35,36). The molecule has 0 atom stereocenters. The third-order valence-electron chi connectivity index (χ3n) is 6.44. The van der Waals surface area contributed by atoms with Gasteiger partial charge in [0.15, 0.2) is 0 Å². The first-order chi connectivity index (χ1) is 19.1. The van der Waals surface area contributed by atoms with Crippen LogP contribution in [-0.2, 0) is 0 Å². The van der Waals surface area contributed by atoms with Crippen LogP contribution in [0, 0.1) is 11.3 Å². The van der Waals surface area contributed by atoms with Crippen molar-refractivity contribution in [1.82, 2.24) is 0 Å². The Morgan fingerprint density at radius 1 is 0.744 bits per heavy atom. The van der Waals surface area contributed by atoms with E-state index in [1.165, 1.54) is 69.9 Å². The molecular weight excluding hydrogens is 488 g/mol. The van der Waals surface area contributed by atoms with Crippen molar-refractivity contribution in [3.05, 3.63) is 94.1 Å². The smallest absolute Gasteiger partial charge is 0.343 e. The predicted molar refractivity (Wildman–Crippen MR) is 156 cm³/mol. The van der Waals surface area contributed by atoms with Gasteiger partial charge < -0.3 is 14.8 Å². The highest BCUT2D eigenvalue weighted by Crippen LogP contribution is 2.20. The summed E-state index contributed by atoms with van der Waals surface area (Å²) in [5.41, 5.74) is 1.60. The molecule has 0 amide bonds. The van der Waals surface area contributed by atoms with Crippen LogP contribution in [0.15, 0.2) is 77.6 Å². The molecule has 0 aromatic heterocycles. The van der Waals surface area contributed by atoms with Crippen LogP contribution in [0.5, 0.6) is 11.5 Å². The highest BCUT2D eigenvalue weighted by atomic mass is 16.5. The second kappa shape index (κ2) is 16.7. The van der Waals surface area contributed by atoms with Gasteiger partial charge in [0.25, 0.3) is 0 Å². The highest BCUT2D eigenvalue weighted by Gasteiger charge is 2.09. The van der Waals surface area contributed by atoms with Crippen LogP contribution in [0.4, 0.5) is 11.4 Å². The molecule has 39 heavy (non-hydrogen) atoms. The zero-order chi connectivity index (χ0) is 27.7. The molecule has 1 N–H and O–H groups in total. The second-order valence-corrected chi connectivity index (χ2v) is 9.61. The molecule has 6 nitrogen and oxygen atoms in total. The van der Waals surface area contributed by atoms with E-state index in [-0.39, 0.29) is 5.43 Å². The highest BCUT2D eigenvalue weighted by molar-refractivity contribution is 5.91. The van der Waals surface area contributed by atoms with Crippen LogP contribution >= 0.6 is 0 Å². The summed E-state index contributed by atoms with van der Waals surface area (Å²) in [7, 11) is 0. The number of ether oxygens (including phenoxy) is 2. The molecule has 0 heterocycles. The predicted octanol–water partition coefficient (Wildman–Crippen LogP) is 8.18. The van der Waals surface area contributed by atoms with Gasteiger partial charge in [-0.1, -0.05) is 64.7 Å². The lowest BCUT2D eigenvalue weighted by Gasteiger charge is -2.09. The Balaban J connectivity index is 1.37. The van der Waals surface area contributed by atoms with Gasteiger partial charge in [-0.05, 0) is 79.2 Å². The maximum Gasteiger partial charge on any atom is 0.343 e. The van der Waals surface area contributed by atoms with Gasteiger partial charge in [-0.2, -0.15) is 5.26 Å². The number of carbonyl (C=O) groups is 1. The number of esters is 1. The van der Waals surface area contributed by atoms with Crippen LogP contribution in [0.25, 0.3) is 0 Å². The van der Waals surface area contributed by atoms with Crippen molar-refractivity contribution in [3.8, 4) is 17.6 Å². The fourth-order valence-electron chi connectivity index (χ4n) is 4.14. The maximum absolute atomic E-state index is 12.6. The van der Waals surface area contributed by atoms with E-state index in [0.717, 1.165) is 12.2 Å². The molecule has 0 aliphatic heterocycles. The first-order valence-electron chi connectivity index (χ1n) is 14.0. The van der Waals surface area contributed by atoms with Crippen molar-refractivity contribution in [3.63, 3.8) is 0 Å². The van der Waals surface area contributed by atoms with Crippen molar-refractivity contribution in [1.29, 1.82) is 5.26 Å². The van der Waals surface area contributed by atoms with Gasteiger partial charge in [-0.3, -0.25) is 4.79 Å². The monoisotopic (exact) mass is 526 g/mol. The minimum absolute atomic E-state index is 0.233. The molecule has 0 saturated heterocycles.